The summed E-state index contributed by atoms with van der Waals surface area (Å²) in [5.74, 6) is -0.490. The van der Waals surface area contributed by atoms with Crippen molar-refractivity contribution in [2.75, 3.05) is 0 Å². The van der Waals surface area contributed by atoms with Crippen molar-refractivity contribution >= 4 is 17.2 Å². The largest absolute Gasteiger partial charge is 0.299 e. The van der Waals surface area contributed by atoms with E-state index in [9.17, 15) is 8.78 Å². The lowest BCUT2D eigenvalue weighted by Gasteiger charge is -2.00. The molecular weight excluding hydrogens is 236 g/mol. The number of halogens is 3. The molecule has 0 amide bonds. The normalized spacial score (nSPS) is 11.6. The molecule has 2 aromatic heterocycles. The first-order chi connectivity index (χ1) is 7.61. The fourth-order valence-electron chi connectivity index (χ4n) is 1.54. The zero-order valence-electron chi connectivity index (χ0n) is 8.62. The van der Waals surface area contributed by atoms with E-state index in [4.69, 9.17) is 11.6 Å². The minimum Gasteiger partial charge on any atom is -0.206 e. The average Bonchev–Trinajstić information content (AvgIpc) is 2.62. The van der Waals surface area contributed by atoms with Crippen LogP contribution in [0.2, 0.25) is 5.15 Å². The van der Waals surface area contributed by atoms with E-state index < -0.39 is 12.2 Å². The minimum atomic E-state index is -2.68. The molecule has 2 heterocycles. The monoisotopic (exact) mass is 245 g/mol. The van der Waals surface area contributed by atoms with Crippen LogP contribution in [0.3, 0.4) is 0 Å². The van der Waals surface area contributed by atoms with E-state index in [0.717, 1.165) is 18.4 Å². The standard InChI is InChI=1S/C10H10ClF2N3/c1-2-3-6-4-7(11)16-8(5-6)14-10(15-16)9(12)13/h4-5,9H,2-3H2,1H3. The molecule has 86 valence electrons. The molecule has 0 aliphatic rings. The third-order valence-electron chi connectivity index (χ3n) is 2.20. The molecule has 0 fully saturated rings. The van der Waals surface area contributed by atoms with Crippen molar-refractivity contribution < 1.29 is 8.78 Å². The maximum absolute atomic E-state index is 12.4. The van der Waals surface area contributed by atoms with Gasteiger partial charge < -0.3 is 0 Å². The summed E-state index contributed by atoms with van der Waals surface area (Å²) in [4.78, 5) is 3.73. The Hall–Kier alpha value is -1.23. The van der Waals surface area contributed by atoms with Crippen molar-refractivity contribution in [1.29, 1.82) is 0 Å². The van der Waals surface area contributed by atoms with E-state index in [0.29, 0.717) is 10.8 Å². The molecule has 0 saturated heterocycles. The fourth-order valence-corrected chi connectivity index (χ4v) is 1.80. The Bertz CT molecular complexity index is 510. The second-order valence-electron chi connectivity index (χ2n) is 3.48. The van der Waals surface area contributed by atoms with Crippen LogP contribution in [0.5, 0.6) is 0 Å². The summed E-state index contributed by atoms with van der Waals surface area (Å²) in [6.45, 7) is 2.03. The molecule has 0 saturated carbocycles. The van der Waals surface area contributed by atoms with Crippen LogP contribution in [0.25, 0.3) is 5.65 Å². The van der Waals surface area contributed by atoms with Crippen molar-refractivity contribution in [3.63, 3.8) is 0 Å². The summed E-state index contributed by atoms with van der Waals surface area (Å²) in [6, 6.07) is 3.45. The van der Waals surface area contributed by atoms with Crippen LogP contribution < -0.4 is 0 Å². The van der Waals surface area contributed by atoms with Crippen molar-refractivity contribution in [3.05, 3.63) is 28.7 Å². The molecule has 16 heavy (non-hydrogen) atoms. The number of aromatic nitrogens is 3. The van der Waals surface area contributed by atoms with Gasteiger partial charge in [0.05, 0.1) is 0 Å². The Morgan fingerprint density at radius 3 is 2.81 bits per heavy atom. The molecule has 0 aliphatic heterocycles. The molecule has 0 atom stereocenters. The number of aryl methyl sites for hydroxylation is 1. The molecule has 2 rings (SSSR count). The Morgan fingerprint density at radius 1 is 1.44 bits per heavy atom. The molecule has 0 spiro atoms. The minimum absolute atomic E-state index is 0.306. The number of pyridine rings is 1. The molecule has 0 N–H and O–H groups in total. The van der Waals surface area contributed by atoms with Gasteiger partial charge in [-0.05, 0) is 24.1 Å². The first kappa shape index (κ1) is 11.3. The predicted octanol–water partition coefficient (Wildman–Crippen LogP) is 3.27. The molecule has 0 aliphatic carbocycles. The highest BCUT2D eigenvalue weighted by molar-refractivity contribution is 6.29. The fraction of sp³-hybridized carbons (Fsp3) is 0.400. The van der Waals surface area contributed by atoms with Gasteiger partial charge in [-0.25, -0.2) is 18.3 Å². The van der Waals surface area contributed by atoms with Gasteiger partial charge in [-0.3, -0.25) is 0 Å². The van der Waals surface area contributed by atoms with Gasteiger partial charge in [0.2, 0.25) is 5.82 Å². The van der Waals surface area contributed by atoms with E-state index in [2.05, 4.69) is 10.1 Å². The quantitative estimate of drug-likeness (QED) is 0.777. The third-order valence-corrected chi connectivity index (χ3v) is 2.47. The van der Waals surface area contributed by atoms with E-state index in [1.165, 1.54) is 4.52 Å². The lowest BCUT2D eigenvalue weighted by Crippen LogP contribution is -1.93. The van der Waals surface area contributed by atoms with E-state index in [-0.39, 0.29) is 0 Å². The lowest BCUT2D eigenvalue weighted by atomic mass is 10.1. The van der Waals surface area contributed by atoms with Crippen LogP contribution in [-0.4, -0.2) is 14.6 Å². The topological polar surface area (TPSA) is 30.2 Å². The molecular formula is C10H10ClF2N3. The van der Waals surface area contributed by atoms with Gasteiger partial charge in [-0.1, -0.05) is 24.9 Å². The number of rotatable bonds is 3. The SMILES string of the molecule is CCCc1cc(Cl)n2nc(C(F)F)nc2c1. The maximum Gasteiger partial charge on any atom is 0.299 e. The second kappa shape index (κ2) is 4.33. The van der Waals surface area contributed by atoms with Crippen molar-refractivity contribution in [2.24, 2.45) is 0 Å². The highest BCUT2D eigenvalue weighted by Gasteiger charge is 2.15. The predicted molar refractivity (Wildman–Crippen MR) is 56.9 cm³/mol. The zero-order valence-corrected chi connectivity index (χ0v) is 9.38. The molecule has 6 heteroatoms. The van der Waals surface area contributed by atoms with Crippen LogP contribution in [0.1, 0.15) is 31.2 Å². The number of hydrogen-bond donors (Lipinski definition) is 0. The number of alkyl halides is 2. The van der Waals surface area contributed by atoms with Gasteiger partial charge in [-0.15, -0.1) is 5.10 Å². The lowest BCUT2D eigenvalue weighted by molar-refractivity contribution is 0.140. The Labute approximate surface area is 96.1 Å². The average molecular weight is 246 g/mol. The third kappa shape index (κ3) is 2.00. The zero-order chi connectivity index (χ0) is 11.7. The van der Waals surface area contributed by atoms with Gasteiger partial charge >= 0.3 is 0 Å². The van der Waals surface area contributed by atoms with Crippen LogP contribution in [0.4, 0.5) is 8.78 Å². The first-order valence-electron chi connectivity index (χ1n) is 4.95. The van der Waals surface area contributed by atoms with E-state index in [1.54, 1.807) is 12.1 Å². The number of fused-ring (bicyclic) bond motifs is 1. The smallest absolute Gasteiger partial charge is 0.206 e. The van der Waals surface area contributed by atoms with Crippen LogP contribution in [0.15, 0.2) is 12.1 Å². The van der Waals surface area contributed by atoms with Crippen molar-refractivity contribution in [1.82, 2.24) is 14.6 Å². The summed E-state index contributed by atoms with van der Waals surface area (Å²) >= 11 is 5.93. The highest BCUT2D eigenvalue weighted by atomic mass is 35.5. The molecule has 0 bridgehead atoms. The van der Waals surface area contributed by atoms with Crippen molar-refractivity contribution in [3.8, 4) is 0 Å². The van der Waals surface area contributed by atoms with Crippen molar-refractivity contribution in [2.45, 2.75) is 26.2 Å². The summed E-state index contributed by atoms with van der Waals surface area (Å²) < 4.78 is 26.0. The second-order valence-corrected chi connectivity index (χ2v) is 3.86. The van der Waals surface area contributed by atoms with Gasteiger partial charge in [-0.2, -0.15) is 0 Å². The Balaban J connectivity index is 2.54. The molecule has 0 unspecified atom stereocenters. The molecule has 0 aromatic carbocycles. The van der Waals surface area contributed by atoms with Gasteiger partial charge in [0.15, 0.2) is 5.65 Å². The van der Waals surface area contributed by atoms with Crippen LogP contribution in [-0.2, 0) is 6.42 Å². The molecule has 3 nitrogen and oxygen atoms in total. The highest BCUT2D eigenvalue weighted by Crippen LogP contribution is 2.20. The summed E-state index contributed by atoms with van der Waals surface area (Å²) in [5.41, 5.74) is 1.35. The van der Waals surface area contributed by atoms with Crippen LogP contribution >= 0.6 is 11.6 Å². The van der Waals surface area contributed by atoms with E-state index in [1.807, 2.05) is 6.92 Å². The van der Waals surface area contributed by atoms with E-state index >= 15 is 0 Å². The Morgan fingerprint density at radius 2 is 2.19 bits per heavy atom. The maximum atomic E-state index is 12.4. The summed E-state index contributed by atoms with van der Waals surface area (Å²) in [7, 11) is 0. The molecule has 0 radical (unpaired) electrons. The molecule has 2 aromatic rings. The summed E-state index contributed by atoms with van der Waals surface area (Å²) in [5, 5.41) is 3.94. The van der Waals surface area contributed by atoms with Crippen LogP contribution in [0, 0.1) is 0 Å². The van der Waals surface area contributed by atoms with Gasteiger partial charge in [0, 0.05) is 0 Å². The number of nitrogens with zero attached hydrogens (tertiary/aromatic N) is 3. The van der Waals surface area contributed by atoms with Gasteiger partial charge in [0.1, 0.15) is 5.15 Å². The van der Waals surface area contributed by atoms with Gasteiger partial charge in [0.25, 0.3) is 6.43 Å². The Kier molecular flexibility index (Phi) is 3.05. The summed E-state index contributed by atoms with van der Waals surface area (Å²) in [6.07, 6.45) is -0.874. The first-order valence-corrected chi connectivity index (χ1v) is 5.33. The number of hydrogen-bond acceptors (Lipinski definition) is 2.